The van der Waals surface area contributed by atoms with E-state index in [0.717, 1.165) is 11.3 Å². The van der Waals surface area contributed by atoms with Crippen molar-refractivity contribution in [1.82, 2.24) is 20.2 Å². The Bertz CT molecular complexity index is 750. The molecule has 0 radical (unpaired) electrons. The van der Waals surface area contributed by atoms with Crippen LogP contribution in [0.15, 0.2) is 55.0 Å². The van der Waals surface area contributed by atoms with E-state index in [0.29, 0.717) is 23.3 Å². The lowest BCUT2D eigenvalue weighted by Gasteiger charge is -2.07. The number of hydrogen-bond donors (Lipinski definition) is 2. The molecule has 0 atom stereocenters. The summed E-state index contributed by atoms with van der Waals surface area (Å²) in [7, 11) is 0. The highest BCUT2D eigenvalue weighted by Crippen LogP contribution is 2.18. The minimum atomic E-state index is 0.401. The highest BCUT2D eigenvalue weighted by atomic mass is 35.5. The van der Waals surface area contributed by atoms with Crippen molar-refractivity contribution in [2.24, 2.45) is 0 Å². The first-order valence-corrected chi connectivity index (χ1v) is 7.02. The van der Waals surface area contributed by atoms with Crippen LogP contribution < -0.4 is 10.6 Å². The van der Waals surface area contributed by atoms with Gasteiger partial charge in [0.05, 0.1) is 6.20 Å². The third kappa shape index (κ3) is 3.89. The predicted octanol–water partition coefficient (Wildman–Crippen LogP) is 3.28. The Balaban J connectivity index is 1.67. The summed E-state index contributed by atoms with van der Waals surface area (Å²) < 4.78 is 0. The average Bonchev–Trinajstić information content (AvgIpc) is 2.54. The molecule has 2 heterocycles. The molecule has 1 aromatic carbocycles. The number of anilines is 3. The molecule has 6 nitrogen and oxygen atoms in total. The summed E-state index contributed by atoms with van der Waals surface area (Å²) in [6, 6.07) is 11.2. The van der Waals surface area contributed by atoms with E-state index < -0.39 is 0 Å². The van der Waals surface area contributed by atoms with Gasteiger partial charge in [-0.3, -0.25) is 4.98 Å². The number of halogens is 1. The maximum atomic E-state index is 5.95. The second-order valence-electron chi connectivity index (χ2n) is 4.52. The molecule has 0 aliphatic heterocycles. The summed E-state index contributed by atoms with van der Waals surface area (Å²) >= 11 is 5.95. The molecule has 7 heteroatoms. The first-order valence-electron chi connectivity index (χ1n) is 6.65. The molecule has 0 saturated carbocycles. The number of nitrogens with zero attached hydrogens (tertiary/aromatic N) is 4. The third-order valence-electron chi connectivity index (χ3n) is 2.84. The summed E-state index contributed by atoms with van der Waals surface area (Å²) in [6.07, 6.45) is 5.11. The quantitative estimate of drug-likeness (QED) is 0.753. The number of rotatable bonds is 5. The van der Waals surface area contributed by atoms with Gasteiger partial charge in [-0.25, -0.2) is 0 Å². The second-order valence-corrected chi connectivity index (χ2v) is 4.95. The van der Waals surface area contributed by atoms with Crippen LogP contribution in [-0.4, -0.2) is 20.2 Å². The zero-order valence-electron chi connectivity index (χ0n) is 11.6. The van der Waals surface area contributed by atoms with E-state index in [1.54, 1.807) is 30.7 Å². The number of hydrogen-bond acceptors (Lipinski definition) is 6. The van der Waals surface area contributed by atoms with Crippen LogP contribution in [0.25, 0.3) is 0 Å². The van der Waals surface area contributed by atoms with Gasteiger partial charge in [0.25, 0.3) is 0 Å². The monoisotopic (exact) mass is 312 g/mol. The Morgan fingerprint density at radius 1 is 1.09 bits per heavy atom. The van der Waals surface area contributed by atoms with Crippen molar-refractivity contribution in [2.75, 3.05) is 10.6 Å². The van der Waals surface area contributed by atoms with Gasteiger partial charge in [-0.15, -0.1) is 5.10 Å². The van der Waals surface area contributed by atoms with Gasteiger partial charge >= 0.3 is 0 Å². The molecule has 0 amide bonds. The van der Waals surface area contributed by atoms with Gasteiger partial charge in [0.1, 0.15) is 0 Å². The molecule has 3 aromatic rings. The van der Waals surface area contributed by atoms with Crippen molar-refractivity contribution in [1.29, 1.82) is 0 Å². The molecule has 0 saturated heterocycles. The molecule has 110 valence electrons. The Hall–Kier alpha value is -2.73. The van der Waals surface area contributed by atoms with Gasteiger partial charge in [0.2, 0.25) is 5.95 Å². The van der Waals surface area contributed by atoms with Crippen LogP contribution in [0.4, 0.5) is 17.5 Å². The van der Waals surface area contributed by atoms with E-state index in [1.165, 1.54) is 0 Å². The lowest BCUT2D eigenvalue weighted by atomic mass is 10.3. The Morgan fingerprint density at radius 3 is 2.86 bits per heavy atom. The van der Waals surface area contributed by atoms with E-state index in [9.17, 15) is 0 Å². The van der Waals surface area contributed by atoms with E-state index in [2.05, 4.69) is 30.8 Å². The Kier molecular flexibility index (Phi) is 4.41. The zero-order valence-corrected chi connectivity index (χ0v) is 12.3. The summed E-state index contributed by atoms with van der Waals surface area (Å²) in [4.78, 5) is 8.42. The predicted molar refractivity (Wildman–Crippen MR) is 86.1 cm³/mol. The molecule has 0 aliphatic rings. The van der Waals surface area contributed by atoms with Crippen LogP contribution in [0.2, 0.25) is 5.02 Å². The fourth-order valence-corrected chi connectivity index (χ4v) is 2.02. The maximum Gasteiger partial charge on any atom is 0.249 e. The van der Waals surface area contributed by atoms with Crippen LogP contribution in [0.1, 0.15) is 5.56 Å². The fraction of sp³-hybridized carbons (Fsp3) is 0.0667. The molecular formula is C15H13ClN6. The molecule has 2 aromatic heterocycles. The summed E-state index contributed by atoms with van der Waals surface area (Å²) in [5.74, 6) is 1.03. The van der Waals surface area contributed by atoms with Gasteiger partial charge in [-0.05, 0) is 29.8 Å². The lowest BCUT2D eigenvalue weighted by molar-refractivity contribution is 0.964. The van der Waals surface area contributed by atoms with Crippen molar-refractivity contribution >= 4 is 29.1 Å². The van der Waals surface area contributed by atoms with Crippen LogP contribution in [-0.2, 0) is 6.54 Å². The van der Waals surface area contributed by atoms with Crippen LogP contribution in [0, 0.1) is 0 Å². The average molecular weight is 313 g/mol. The van der Waals surface area contributed by atoms with Gasteiger partial charge in [-0.1, -0.05) is 23.7 Å². The largest absolute Gasteiger partial charge is 0.364 e. The van der Waals surface area contributed by atoms with E-state index in [-0.39, 0.29) is 0 Å². The first-order chi connectivity index (χ1) is 10.8. The van der Waals surface area contributed by atoms with Crippen LogP contribution >= 0.6 is 11.6 Å². The molecule has 3 rings (SSSR count). The molecule has 0 aliphatic carbocycles. The molecule has 0 spiro atoms. The van der Waals surface area contributed by atoms with Gasteiger partial charge < -0.3 is 10.6 Å². The maximum absolute atomic E-state index is 5.95. The second kappa shape index (κ2) is 6.82. The van der Waals surface area contributed by atoms with Gasteiger partial charge in [0, 0.05) is 29.6 Å². The van der Waals surface area contributed by atoms with Gasteiger partial charge in [-0.2, -0.15) is 10.1 Å². The number of pyridine rings is 1. The number of benzene rings is 1. The molecule has 0 unspecified atom stereocenters. The van der Waals surface area contributed by atoms with Crippen molar-refractivity contribution in [3.63, 3.8) is 0 Å². The number of aromatic nitrogens is 4. The minimum Gasteiger partial charge on any atom is -0.364 e. The van der Waals surface area contributed by atoms with Crippen molar-refractivity contribution in [3.8, 4) is 0 Å². The molecule has 0 bridgehead atoms. The number of nitrogens with one attached hydrogen (secondary N) is 2. The normalized spacial score (nSPS) is 10.2. The minimum absolute atomic E-state index is 0.401. The zero-order chi connectivity index (χ0) is 15.2. The fourth-order valence-electron chi connectivity index (χ4n) is 1.83. The topological polar surface area (TPSA) is 75.6 Å². The van der Waals surface area contributed by atoms with E-state index >= 15 is 0 Å². The van der Waals surface area contributed by atoms with Crippen molar-refractivity contribution in [3.05, 3.63) is 65.6 Å². The Morgan fingerprint density at radius 2 is 2.05 bits per heavy atom. The third-order valence-corrected chi connectivity index (χ3v) is 3.07. The SMILES string of the molecule is Clc1cccc(Nc2nncc(NCc3cccnc3)n2)c1. The van der Waals surface area contributed by atoms with Crippen LogP contribution in [0.5, 0.6) is 0 Å². The van der Waals surface area contributed by atoms with Crippen LogP contribution in [0.3, 0.4) is 0 Å². The summed E-state index contributed by atoms with van der Waals surface area (Å²) in [6.45, 7) is 0.614. The van der Waals surface area contributed by atoms with Crippen molar-refractivity contribution in [2.45, 2.75) is 6.54 Å². The lowest BCUT2D eigenvalue weighted by Crippen LogP contribution is -2.05. The highest BCUT2D eigenvalue weighted by molar-refractivity contribution is 6.30. The summed E-state index contributed by atoms with van der Waals surface area (Å²) in [5, 5.41) is 14.8. The van der Waals surface area contributed by atoms with Crippen molar-refractivity contribution < 1.29 is 0 Å². The first kappa shape index (κ1) is 14.2. The molecule has 0 fully saturated rings. The molecular weight excluding hydrogens is 300 g/mol. The Labute approximate surface area is 132 Å². The van der Waals surface area contributed by atoms with E-state index in [1.807, 2.05) is 24.3 Å². The highest BCUT2D eigenvalue weighted by Gasteiger charge is 2.02. The summed E-state index contributed by atoms with van der Waals surface area (Å²) in [5.41, 5.74) is 1.86. The molecule has 22 heavy (non-hydrogen) atoms. The smallest absolute Gasteiger partial charge is 0.249 e. The van der Waals surface area contributed by atoms with E-state index in [4.69, 9.17) is 11.6 Å². The molecule has 2 N–H and O–H groups in total. The van der Waals surface area contributed by atoms with Gasteiger partial charge in [0.15, 0.2) is 5.82 Å². The standard InChI is InChI=1S/C15H13ClN6/c16-12-4-1-5-13(7-12)20-15-21-14(10-19-22-15)18-9-11-3-2-6-17-8-11/h1-8,10H,9H2,(H2,18,20,21,22).